The van der Waals surface area contributed by atoms with E-state index in [2.05, 4.69) is 5.32 Å². The molecule has 0 aliphatic carbocycles. The van der Waals surface area contributed by atoms with E-state index in [-0.39, 0.29) is 35.0 Å². The number of piperazine rings is 1. The van der Waals surface area contributed by atoms with Crippen molar-refractivity contribution in [2.24, 2.45) is 5.92 Å². The fourth-order valence-corrected chi connectivity index (χ4v) is 2.63. The van der Waals surface area contributed by atoms with E-state index in [4.69, 9.17) is 11.6 Å². The normalized spacial score (nSPS) is 15.8. The van der Waals surface area contributed by atoms with Crippen LogP contribution in [0.2, 0.25) is 5.02 Å². The Bertz CT molecular complexity index is 587. The molecule has 0 saturated carbocycles. The molecule has 1 N–H and O–H groups in total. The van der Waals surface area contributed by atoms with Gasteiger partial charge in [-0.3, -0.25) is 14.5 Å². The van der Waals surface area contributed by atoms with Crippen LogP contribution in [0, 0.1) is 11.7 Å². The summed E-state index contributed by atoms with van der Waals surface area (Å²) in [6.07, 6.45) is 0. The lowest BCUT2D eigenvalue weighted by Gasteiger charge is -2.35. The number of rotatable bonds is 4. The van der Waals surface area contributed by atoms with E-state index in [1.165, 1.54) is 12.1 Å². The van der Waals surface area contributed by atoms with Crippen molar-refractivity contribution in [3.05, 3.63) is 29.0 Å². The molecule has 1 saturated heterocycles. The third kappa shape index (κ3) is 4.91. The standard InChI is InChI=1S/C16H21ClFN3O2/c1-11(2)16(23)21-7-5-20(6-8-21)10-15(22)19-14-4-3-12(17)9-13(14)18/h3-4,9,11H,5-8,10H2,1-2H3,(H,19,22). The van der Waals surface area contributed by atoms with Gasteiger partial charge in [-0.15, -0.1) is 0 Å². The molecule has 0 unspecified atom stereocenters. The molecule has 1 fully saturated rings. The summed E-state index contributed by atoms with van der Waals surface area (Å²) in [5.41, 5.74) is 0.119. The molecule has 7 heteroatoms. The first-order valence-electron chi connectivity index (χ1n) is 7.63. The van der Waals surface area contributed by atoms with Crippen LogP contribution in [0.3, 0.4) is 0 Å². The molecule has 1 heterocycles. The predicted octanol–water partition coefficient (Wildman–Crippen LogP) is 2.22. The first-order chi connectivity index (χ1) is 10.9. The van der Waals surface area contributed by atoms with E-state index < -0.39 is 5.82 Å². The molecule has 0 atom stereocenters. The van der Waals surface area contributed by atoms with E-state index in [0.717, 1.165) is 6.07 Å². The summed E-state index contributed by atoms with van der Waals surface area (Å²) in [4.78, 5) is 27.7. The van der Waals surface area contributed by atoms with Crippen LogP contribution in [0.4, 0.5) is 10.1 Å². The fourth-order valence-electron chi connectivity index (χ4n) is 2.48. The summed E-state index contributed by atoms with van der Waals surface area (Å²) < 4.78 is 13.6. The van der Waals surface area contributed by atoms with E-state index in [9.17, 15) is 14.0 Å². The molecular formula is C16H21ClFN3O2. The molecule has 0 spiro atoms. The lowest BCUT2D eigenvalue weighted by atomic mass is 10.1. The van der Waals surface area contributed by atoms with E-state index in [1.807, 2.05) is 23.6 Å². The molecule has 5 nitrogen and oxygen atoms in total. The highest BCUT2D eigenvalue weighted by molar-refractivity contribution is 6.30. The van der Waals surface area contributed by atoms with Gasteiger partial charge < -0.3 is 10.2 Å². The van der Waals surface area contributed by atoms with Gasteiger partial charge in [-0.1, -0.05) is 25.4 Å². The van der Waals surface area contributed by atoms with Gasteiger partial charge in [-0.25, -0.2) is 4.39 Å². The number of hydrogen-bond acceptors (Lipinski definition) is 3. The Hall–Kier alpha value is -1.66. The van der Waals surface area contributed by atoms with Crippen molar-refractivity contribution < 1.29 is 14.0 Å². The molecule has 126 valence electrons. The molecule has 0 radical (unpaired) electrons. The average molecular weight is 342 g/mol. The molecule has 2 amide bonds. The van der Waals surface area contributed by atoms with Gasteiger partial charge in [0.05, 0.1) is 12.2 Å². The van der Waals surface area contributed by atoms with Gasteiger partial charge in [-0.05, 0) is 18.2 Å². The number of benzene rings is 1. The van der Waals surface area contributed by atoms with Crippen LogP contribution in [0.25, 0.3) is 0 Å². The maximum atomic E-state index is 13.6. The zero-order chi connectivity index (χ0) is 17.0. The number of nitrogens with zero attached hydrogens (tertiary/aromatic N) is 2. The molecule has 0 bridgehead atoms. The molecule has 0 aromatic heterocycles. The van der Waals surface area contributed by atoms with Crippen molar-refractivity contribution in [1.29, 1.82) is 0 Å². The molecular weight excluding hydrogens is 321 g/mol. The quantitative estimate of drug-likeness (QED) is 0.913. The number of hydrogen-bond donors (Lipinski definition) is 1. The third-order valence-corrected chi connectivity index (χ3v) is 3.99. The Morgan fingerprint density at radius 2 is 1.91 bits per heavy atom. The number of halogens is 2. The summed E-state index contributed by atoms with van der Waals surface area (Å²) in [5, 5.41) is 2.83. The highest BCUT2D eigenvalue weighted by Gasteiger charge is 2.23. The van der Waals surface area contributed by atoms with Crippen molar-refractivity contribution in [2.45, 2.75) is 13.8 Å². The third-order valence-electron chi connectivity index (χ3n) is 3.75. The average Bonchev–Trinajstić information content (AvgIpc) is 2.50. The second kappa shape index (κ2) is 7.75. The molecule has 1 aliphatic rings. The van der Waals surface area contributed by atoms with Gasteiger partial charge in [-0.2, -0.15) is 0 Å². The fraction of sp³-hybridized carbons (Fsp3) is 0.500. The number of carbonyl (C=O) groups excluding carboxylic acids is 2. The second-order valence-electron chi connectivity index (χ2n) is 5.93. The molecule has 1 aromatic carbocycles. The zero-order valence-corrected chi connectivity index (χ0v) is 14.1. The minimum atomic E-state index is -0.557. The maximum absolute atomic E-state index is 13.6. The first-order valence-corrected chi connectivity index (χ1v) is 8.00. The van der Waals surface area contributed by atoms with Crippen LogP contribution in [-0.2, 0) is 9.59 Å². The van der Waals surface area contributed by atoms with Crippen LogP contribution in [0.15, 0.2) is 18.2 Å². The minimum absolute atomic E-state index is 0.0160. The Labute approximate surface area is 140 Å². The number of nitrogens with one attached hydrogen (secondary N) is 1. The molecule has 1 aromatic rings. The van der Waals surface area contributed by atoms with Crippen LogP contribution in [-0.4, -0.2) is 54.3 Å². The predicted molar refractivity (Wildman–Crippen MR) is 87.9 cm³/mol. The second-order valence-corrected chi connectivity index (χ2v) is 6.36. The van der Waals surface area contributed by atoms with E-state index in [1.54, 1.807) is 0 Å². The van der Waals surface area contributed by atoms with Crippen molar-refractivity contribution in [1.82, 2.24) is 9.80 Å². The van der Waals surface area contributed by atoms with Gasteiger partial charge >= 0.3 is 0 Å². The SMILES string of the molecule is CC(C)C(=O)N1CCN(CC(=O)Nc2ccc(Cl)cc2F)CC1. The molecule has 2 rings (SSSR count). The smallest absolute Gasteiger partial charge is 0.238 e. The Kier molecular flexibility index (Phi) is 5.96. The van der Waals surface area contributed by atoms with Gasteiger partial charge in [0.25, 0.3) is 0 Å². The summed E-state index contributed by atoms with van der Waals surface area (Å²) in [7, 11) is 0. The number of carbonyl (C=O) groups is 2. The Morgan fingerprint density at radius 1 is 1.26 bits per heavy atom. The monoisotopic (exact) mass is 341 g/mol. The van der Waals surface area contributed by atoms with Crippen molar-refractivity contribution in [2.75, 3.05) is 38.0 Å². The van der Waals surface area contributed by atoms with E-state index in [0.29, 0.717) is 26.2 Å². The lowest BCUT2D eigenvalue weighted by molar-refractivity contribution is -0.136. The van der Waals surface area contributed by atoms with Crippen molar-refractivity contribution in [3.63, 3.8) is 0 Å². The van der Waals surface area contributed by atoms with Crippen LogP contribution in [0.1, 0.15) is 13.8 Å². The zero-order valence-electron chi connectivity index (χ0n) is 13.3. The van der Waals surface area contributed by atoms with Crippen molar-refractivity contribution in [3.8, 4) is 0 Å². The topological polar surface area (TPSA) is 52.7 Å². The Balaban J connectivity index is 1.82. The van der Waals surface area contributed by atoms with Crippen LogP contribution < -0.4 is 5.32 Å². The molecule has 1 aliphatic heterocycles. The summed E-state index contributed by atoms with van der Waals surface area (Å²) in [6.45, 7) is 6.42. The largest absolute Gasteiger partial charge is 0.340 e. The van der Waals surface area contributed by atoms with Gasteiger partial charge in [0.15, 0.2) is 0 Å². The molecule has 23 heavy (non-hydrogen) atoms. The Morgan fingerprint density at radius 3 is 2.48 bits per heavy atom. The highest BCUT2D eigenvalue weighted by Crippen LogP contribution is 2.18. The van der Waals surface area contributed by atoms with Crippen molar-refractivity contribution >= 4 is 29.1 Å². The lowest BCUT2D eigenvalue weighted by Crippen LogP contribution is -2.51. The van der Waals surface area contributed by atoms with Gasteiger partial charge in [0, 0.05) is 37.1 Å². The first kappa shape index (κ1) is 17.7. The summed E-state index contributed by atoms with van der Waals surface area (Å²) >= 11 is 5.68. The van der Waals surface area contributed by atoms with Crippen LogP contribution in [0.5, 0.6) is 0 Å². The number of anilines is 1. The van der Waals surface area contributed by atoms with Gasteiger partial charge in [0.1, 0.15) is 5.82 Å². The maximum Gasteiger partial charge on any atom is 0.238 e. The van der Waals surface area contributed by atoms with E-state index >= 15 is 0 Å². The summed E-state index contributed by atoms with van der Waals surface area (Å²) in [5.74, 6) is -0.719. The highest BCUT2D eigenvalue weighted by atomic mass is 35.5. The van der Waals surface area contributed by atoms with Crippen LogP contribution >= 0.6 is 11.6 Å². The number of amides is 2. The summed E-state index contributed by atoms with van der Waals surface area (Å²) in [6, 6.07) is 4.12. The minimum Gasteiger partial charge on any atom is -0.340 e. The van der Waals surface area contributed by atoms with Gasteiger partial charge in [0.2, 0.25) is 11.8 Å².